The quantitative estimate of drug-likeness (QED) is 0.767. The van der Waals surface area contributed by atoms with E-state index in [0.717, 1.165) is 44.5 Å². The molecule has 2 N–H and O–H groups in total. The molecule has 1 unspecified atom stereocenters. The van der Waals surface area contributed by atoms with Gasteiger partial charge in [0.1, 0.15) is 0 Å². The second-order valence-corrected chi connectivity index (χ2v) is 7.27. The number of primary amides is 1. The van der Waals surface area contributed by atoms with E-state index in [1.165, 1.54) is 7.11 Å². The van der Waals surface area contributed by atoms with Crippen LogP contribution in [-0.4, -0.2) is 60.4 Å². The lowest BCUT2D eigenvalue weighted by Gasteiger charge is -2.38. The number of rotatable bonds is 6. The van der Waals surface area contributed by atoms with Crippen LogP contribution in [0.5, 0.6) is 0 Å². The van der Waals surface area contributed by atoms with Gasteiger partial charge in [-0.3, -0.25) is 14.4 Å². The zero-order chi connectivity index (χ0) is 19.6. The average Bonchev–Trinajstić information content (AvgIpc) is 2.93. The molecule has 2 heterocycles. The molecule has 7 heteroatoms. The smallest absolute Gasteiger partial charge is 0.305 e. The van der Waals surface area contributed by atoms with Gasteiger partial charge in [0, 0.05) is 25.6 Å². The van der Waals surface area contributed by atoms with Gasteiger partial charge in [-0.05, 0) is 44.4 Å². The fraction of sp³-hybridized carbons (Fsp3) is 0.550. The first-order valence-corrected chi connectivity index (χ1v) is 9.48. The van der Waals surface area contributed by atoms with Crippen LogP contribution in [-0.2, 0) is 9.53 Å². The zero-order valence-electron chi connectivity index (χ0n) is 15.9. The summed E-state index contributed by atoms with van der Waals surface area (Å²) in [5, 5.41) is 0. The highest BCUT2D eigenvalue weighted by Gasteiger charge is 2.41. The molecule has 2 aliphatic rings. The summed E-state index contributed by atoms with van der Waals surface area (Å²) >= 11 is 0. The van der Waals surface area contributed by atoms with E-state index < -0.39 is 5.91 Å². The zero-order valence-corrected chi connectivity index (χ0v) is 15.9. The minimum atomic E-state index is -0.560. The molecule has 7 nitrogen and oxygen atoms in total. The van der Waals surface area contributed by atoms with Gasteiger partial charge in [0.2, 0.25) is 5.91 Å². The molecule has 0 radical (unpaired) electrons. The van der Waals surface area contributed by atoms with Crippen LogP contribution in [0.15, 0.2) is 18.2 Å². The highest BCUT2D eigenvalue weighted by atomic mass is 16.5. The predicted octanol–water partition coefficient (Wildman–Crippen LogP) is 1.72. The molecule has 1 fully saturated rings. The first-order chi connectivity index (χ1) is 12.9. The second-order valence-electron chi connectivity index (χ2n) is 7.27. The minimum absolute atomic E-state index is 0.0531. The van der Waals surface area contributed by atoms with Gasteiger partial charge in [-0.25, -0.2) is 0 Å². The topological polar surface area (TPSA) is 92.9 Å². The molecule has 1 aromatic carbocycles. The molecule has 3 rings (SSSR count). The number of nitrogens with two attached hydrogens (primary N) is 1. The number of carbonyl (C=O) groups excluding carboxylic acids is 3. The number of likely N-dealkylation sites (tertiary alicyclic amines) is 1. The van der Waals surface area contributed by atoms with Gasteiger partial charge < -0.3 is 20.3 Å². The van der Waals surface area contributed by atoms with Gasteiger partial charge in [-0.2, -0.15) is 0 Å². The molecule has 2 amide bonds. The number of benzene rings is 1. The fourth-order valence-corrected chi connectivity index (χ4v) is 4.27. The van der Waals surface area contributed by atoms with Gasteiger partial charge >= 0.3 is 5.97 Å². The Labute approximate surface area is 159 Å². The van der Waals surface area contributed by atoms with Crippen molar-refractivity contribution in [2.24, 2.45) is 5.73 Å². The van der Waals surface area contributed by atoms with E-state index >= 15 is 0 Å². The summed E-state index contributed by atoms with van der Waals surface area (Å²) in [6.45, 7) is 4.65. The van der Waals surface area contributed by atoms with Crippen LogP contribution in [0.3, 0.4) is 0 Å². The molecule has 1 aromatic rings. The fourth-order valence-electron chi connectivity index (χ4n) is 4.27. The lowest BCUT2D eigenvalue weighted by atomic mass is 9.99. The summed E-state index contributed by atoms with van der Waals surface area (Å²) in [7, 11) is 1.41. The number of carbonyl (C=O) groups is 3. The Balaban J connectivity index is 1.62. The SMILES string of the molecule is COC(=O)CCCN1CCC(N2C(=O)c3c(C(N)=O)cccc3C2C)CC1. The van der Waals surface area contributed by atoms with E-state index in [1.54, 1.807) is 12.1 Å². The maximum atomic E-state index is 13.0. The summed E-state index contributed by atoms with van der Waals surface area (Å²) in [6.07, 6.45) is 2.98. The largest absolute Gasteiger partial charge is 0.469 e. The van der Waals surface area contributed by atoms with Gasteiger partial charge in [-0.1, -0.05) is 12.1 Å². The molecule has 0 aromatic heterocycles. The molecule has 1 atom stereocenters. The van der Waals surface area contributed by atoms with Gasteiger partial charge in [-0.15, -0.1) is 0 Å². The van der Waals surface area contributed by atoms with E-state index in [9.17, 15) is 14.4 Å². The van der Waals surface area contributed by atoms with E-state index in [1.807, 2.05) is 17.9 Å². The van der Waals surface area contributed by atoms with E-state index in [2.05, 4.69) is 9.64 Å². The Hall–Kier alpha value is -2.41. The molecule has 0 saturated carbocycles. The maximum absolute atomic E-state index is 13.0. The molecule has 27 heavy (non-hydrogen) atoms. The highest BCUT2D eigenvalue weighted by molar-refractivity contribution is 6.09. The summed E-state index contributed by atoms with van der Waals surface area (Å²) < 4.78 is 4.67. The van der Waals surface area contributed by atoms with E-state index in [0.29, 0.717) is 17.5 Å². The number of methoxy groups -OCH3 is 1. The van der Waals surface area contributed by atoms with Gasteiger partial charge in [0.15, 0.2) is 0 Å². The Morgan fingerprint density at radius 2 is 1.96 bits per heavy atom. The van der Waals surface area contributed by atoms with E-state index in [4.69, 9.17) is 5.73 Å². The predicted molar refractivity (Wildman–Crippen MR) is 100 cm³/mol. The van der Waals surface area contributed by atoms with Crippen molar-refractivity contribution in [3.8, 4) is 0 Å². The number of amides is 2. The van der Waals surface area contributed by atoms with Crippen LogP contribution in [0.1, 0.15) is 64.9 Å². The van der Waals surface area contributed by atoms with Crippen molar-refractivity contribution in [1.82, 2.24) is 9.80 Å². The van der Waals surface area contributed by atoms with Crippen LogP contribution in [0.2, 0.25) is 0 Å². The minimum Gasteiger partial charge on any atom is -0.469 e. The van der Waals surface area contributed by atoms with Crippen molar-refractivity contribution >= 4 is 17.8 Å². The molecular weight excluding hydrogens is 346 g/mol. The Morgan fingerprint density at radius 3 is 2.59 bits per heavy atom. The number of hydrogen-bond donors (Lipinski definition) is 1. The average molecular weight is 373 g/mol. The van der Waals surface area contributed by atoms with Crippen molar-refractivity contribution < 1.29 is 19.1 Å². The van der Waals surface area contributed by atoms with Crippen molar-refractivity contribution in [1.29, 1.82) is 0 Å². The highest BCUT2D eigenvalue weighted by Crippen LogP contribution is 2.38. The van der Waals surface area contributed by atoms with Crippen LogP contribution >= 0.6 is 0 Å². The summed E-state index contributed by atoms with van der Waals surface area (Å²) in [5.74, 6) is -0.824. The molecule has 1 saturated heterocycles. The van der Waals surface area contributed by atoms with Crippen LogP contribution in [0.25, 0.3) is 0 Å². The number of ether oxygens (including phenoxy) is 1. The second kappa shape index (κ2) is 8.08. The lowest BCUT2D eigenvalue weighted by molar-refractivity contribution is -0.140. The van der Waals surface area contributed by atoms with Crippen molar-refractivity contribution in [3.63, 3.8) is 0 Å². The Kier molecular flexibility index (Phi) is 5.79. The molecule has 2 aliphatic heterocycles. The lowest BCUT2D eigenvalue weighted by Crippen LogP contribution is -2.46. The van der Waals surface area contributed by atoms with Crippen molar-refractivity contribution in [2.75, 3.05) is 26.7 Å². The third-order valence-electron chi connectivity index (χ3n) is 5.71. The maximum Gasteiger partial charge on any atom is 0.305 e. The molecule has 0 aliphatic carbocycles. The third-order valence-corrected chi connectivity index (χ3v) is 5.71. The number of fused-ring (bicyclic) bond motifs is 1. The van der Waals surface area contributed by atoms with Crippen LogP contribution < -0.4 is 5.73 Å². The van der Waals surface area contributed by atoms with Crippen molar-refractivity contribution in [3.05, 3.63) is 34.9 Å². The summed E-state index contributed by atoms with van der Waals surface area (Å²) in [6, 6.07) is 5.42. The Morgan fingerprint density at radius 1 is 1.26 bits per heavy atom. The molecule has 0 bridgehead atoms. The normalized spacial score (nSPS) is 20.6. The first kappa shape index (κ1) is 19.4. The summed E-state index contributed by atoms with van der Waals surface area (Å²) in [5.41, 5.74) is 7.13. The van der Waals surface area contributed by atoms with Crippen LogP contribution in [0.4, 0.5) is 0 Å². The number of hydrogen-bond acceptors (Lipinski definition) is 5. The number of esters is 1. The molecule has 146 valence electrons. The Bertz CT molecular complexity index is 741. The summed E-state index contributed by atoms with van der Waals surface area (Å²) in [4.78, 5) is 40.2. The standard InChI is InChI=1S/C20H27N3O4/c1-13-15-5-3-6-16(19(21)25)18(15)20(26)23(13)14-8-11-22(12-9-14)10-4-7-17(24)27-2/h3,5-6,13-14H,4,7-12H2,1-2H3,(H2,21,25). The number of nitrogens with zero attached hydrogens (tertiary/aromatic N) is 2. The van der Waals surface area contributed by atoms with Gasteiger partial charge in [0.25, 0.3) is 5.91 Å². The van der Waals surface area contributed by atoms with E-state index in [-0.39, 0.29) is 24.0 Å². The third kappa shape index (κ3) is 3.83. The number of piperidine rings is 1. The van der Waals surface area contributed by atoms with Crippen LogP contribution in [0, 0.1) is 0 Å². The van der Waals surface area contributed by atoms with Gasteiger partial charge in [0.05, 0.1) is 24.3 Å². The monoisotopic (exact) mass is 373 g/mol. The molecule has 0 spiro atoms. The first-order valence-electron chi connectivity index (χ1n) is 9.48. The van der Waals surface area contributed by atoms with Crippen molar-refractivity contribution in [2.45, 2.75) is 44.7 Å². The molecular formula is C20H27N3O4.